The van der Waals surface area contributed by atoms with E-state index in [4.69, 9.17) is 9.72 Å². The quantitative estimate of drug-likeness (QED) is 0.924. The van der Waals surface area contributed by atoms with Crippen LogP contribution in [0.1, 0.15) is 25.0 Å². The number of rotatable bonds is 3. The van der Waals surface area contributed by atoms with Crippen LogP contribution in [0.25, 0.3) is 11.4 Å². The highest BCUT2D eigenvalue weighted by Gasteiger charge is 2.38. The molecule has 2 saturated heterocycles. The molecular weight excluding hydrogens is 316 g/mol. The fourth-order valence-corrected chi connectivity index (χ4v) is 3.96. The van der Waals surface area contributed by atoms with Gasteiger partial charge in [0, 0.05) is 54.8 Å². The van der Waals surface area contributed by atoms with Crippen LogP contribution in [-0.4, -0.2) is 52.0 Å². The molecule has 2 aromatic rings. The van der Waals surface area contributed by atoms with Crippen LogP contribution in [0.15, 0.2) is 30.6 Å². The van der Waals surface area contributed by atoms with Gasteiger partial charge in [-0.3, -0.25) is 4.98 Å². The number of hydrogen-bond donors (Lipinski definition) is 1. The van der Waals surface area contributed by atoms with Crippen LogP contribution in [0, 0.1) is 12.8 Å². The first-order valence-electron chi connectivity index (χ1n) is 9.01. The number of ether oxygens (including phenoxy) is 1. The van der Waals surface area contributed by atoms with Gasteiger partial charge < -0.3 is 14.7 Å². The van der Waals surface area contributed by atoms with E-state index in [1.807, 2.05) is 25.1 Å². The Kier molecular flexibility index (Phi) is 4.63. The molecule has 0 radical (unpaired) electrons. The predicted molar refractivity (Wildman–Crippen MR) is 95.3 cm³/mol. The monoisotopic (exact) mass is 340 g/mol. The number of aromatic nitrogens is 3. The average Bonchev–Trinajstić information content (AvgIpc) is 3.12. The summed E-state index contributed by atoms with van der Waals surface area (Å²) in [7, 11) is 0. The first-order chi connectivity index (χ1) is 12.2. The zero-order chi connectivity index (χ0) is 17.2. The Morgan fingerprint density at radius 1 is 1.28 bits per heavy atom. The summed E-state index contributed by atoms with van der Waals surface area (Å²) in [5.41, 5.74) is 1.86. The Balaban J connectivity index is 1.65. The zero-order valence-electron chi connectivity index (χ0n) is 14.5. The minimum Gasteiger partial charge on any atom is -0.393 e. The van der Waals surface area contributed by atoms with E-state index in [-0.39, 0.29) is 18.1 Å². The highest BCUT2D eigenvalue weighted by atomic mass is 16.5. The molecule has 0 unspecified atom stereocenters. The van der Waals surface area contributed by atoms with Crippen LogP contribution in [0.5, 0.6) is 0 Å². The van der Waals surface area contributed by atoms with Gasteiger partial charge in [0.05, 0.1) is 12.7 Å². The maximum absolute atomic E-state index is 10.4. The van der Waals surface area contributed by atoms with Crippen molar-refractivity contribution < 1.29 is 9.84 Å². The third kappa shape index (κ3) is 3.37. The number of pyridine rings is 1. The molecule has 6 heteroatoms. The van der Waals surface area contributed by atoms with Crippen molar-refractivity contribution in [1.29, 1.82) is 0 Å². The van der Waals surface area contributed by atoms with Crippen LogP contribution in [0.2, 0.25) is 0 Å². The Hall–Kier alpha value is -2.05. The SMILES string of the molecule is Cc1cc(N2CCC[C@@H]2[C@@H]2COCC[C@H]2O)nc(-c2cccnc2)n1. The van der Waals surface area contributed by atoms with Crippen molar-refractivity contribution in [1.82, 2.24) is 15.0 Å². The third-order valence-electron chi connectivity index (χ3n) is 5.21. The summed E-state index contributed by atoms with van der Waals surface area (Å²) in [6, 6.07) is 6.18. The van der Waals surface area contributed by atoms with E-state index < -0.39 is 0 Å². The third-order valence-corrected chi connectivity index (χ3v) is 5.21. The molecule has 2 aliphatic heterocycles. The van der Waals surface area contributed by atoms with Crippen molar-refractivity contribution in [2.24, 2.45) is 5.92 Å². The van der Waals surface area contributed by atoms with Gasteiger partial charge in [-0.15, -0.1) is 0 Å². The Morgan fingerprint density at radius 2 is 2.20 bits per heavy atom. The second-order valence-corrected chi connectivity index (χ2v) is 6.93. The summed E-state index contributed by atoms with van der Waals surface area (Å²) < 4.78 is 5.64. The normalized spacial score (nSPS) is 26.8. The second kappa shape index (κ2) is 7.06. The van der Waals surface area contributed by atoms with Crippen molar-refractivity contribution in [2.45, 2.75) is 38.3 Å². The standard InChI is InChI=1S/C19H24N4O2/c1-13-10-18(22-19(21-13)14-4-2-7-20-11-14)23-8-3-5-16(23)15-12-25-9-6-17(15)24/h2,4,7,10-11,15-17,24H,3,5-6,8-9,12H2,1H3/t15-,16+,17+/m0/s1. The molecule has 0 aromatic carbocycles. The van der Waals surface area contributed by atoms with E-state index in [0.717, 1.165) is 42.9 Å². The van der Waals surface area contributed by atoms with E-state index in [0.29, 0.717) is 19.0 Å². The van der Waals surface area contributed by atoms with Gasteiger partial charge in [-0.2, -0.15) is 0 Å². The molecule has 4 rings (SSSR count). The fourth-order valence-electron chi connectivity index (χ4n) is 3.96. The van der Waals surface area contributed by atoms with Gasteiger partial charge in [0.1, 0.15) is 5.82 Å². The molecule has 2 aliphatic rings. The van der Waals surface area contributed by atoms with Crippen molar-refractivity contribution in [3.05, 3.63) is 36.3 Å². The van der Waals surface area contributed by atoms with E-state index in [1.54, 1.807) is 12.4 Å². The van der Waals surface area contributed by atoms with Crippen molar-refractivity contribution in [3.63, 3.8) is 0 Å². The van der Waals surface area contributed by atoms with Gasteiger partial charge >= 0.3 is 0 Å². The Morgan fingerprint density at radius 3 is 3.00 bits per heavy atom. The molecule has 132 valence electrons. The van der Waals surface area contributed by atoms with E-state index in [1.165, 1.54) is 0 Å². The maximum Gasteiger partial charge on any atom is 0.163 e. The number of aryl methyl sites for hydroxylation is 1. The topological polar surface area (TPSA) is 71.4 Å². The first-order valence-corrected chi connectivity index (χ1v) is 9.01. The molecule has 0 amide bonds. The lowest BCUT2D eigenvalue weighted by Crippen LogP contribution is -2.46. The summed E-state index contributed by atoms with van der Waals surface area (Å²) in [6.07, 6.45) is 6.15. The summed E-state index contributed by atoms with van der Waals surface area (Å²) >= 11 is 0. The lowest BCUT2D eigenvalue weighted by molar-refractivity contribution is -0.0438. The minimum atomic E-state index is -0.292. The molecule has 2 aromatic heterocycles. The molecular formula is C19H24N4O2. The zero-order valence-corrected chi connectivity index (χ0v) is 14.5. The summed E-state index contributed by atoms with van der Waals surface area (Å²) in [6.45, 7) is 4.23. The molecule has 0 aliphatic carbocycles. The Bertz CT molecular complexity index is 725. The predicted octanol–water partition coefficient (Wildman–Crippen LogP) is 2.21. The molecule has 6 nitrogen and oxygen atoms in total. The number of nitrogens with zero attached hydrogens (tertiary/aromatic N) is 4. The fraction of sp³-hybridized carbons (Fsp3) is 0.526. The summed E-state index contributed by atoms with van der Waals surface area (Å²) in [5, 5.41) is 10.4. The number of aliphatic hydroxyl groups is 1. The Labute approximate surface area is 147 Å². The number of aliphatic hydroxyl groups excluding tert-OH is 1. The van der Waals surface area contributed by atoms with Crippen LogP contribution in [0.3, 0.4) is 0 Å². The molecule has 4 heterocycles. The van der Waals surface area contributed by atoms with Crippen LogP contribution >= 0.6 is 0 Å². The molecule has 2 fully saturated rings. The number of anilines is 1. The highest BCUT2D eigenvalue weighted by Crippen LogP contribution is 2.33. The lowest BCUT2D eigenvalue weighted by atomic mass is 9.89. The largest absolute Gasteiger partial charge is 0.393 e. The van der Waals surface area contributed by atoms with Gasteiger partial charge in [-0.05, 0) is 38.3 Å². The smallest absolute Gasteiger partial charge is 0.163 e. The minimum absolute atomic E-state index is 0.147. The summed E-state index contributed by atoms with van der Waals surface area (Å²) in [4.78, 5) is 15.9. The van der Waals surface area contributed by atoms with E-state index in [2.05, 4.69) is 14.9 Å². The lowest BCUT2D eigenvalue weighted by Gasteiger charge is -2.37. The van der Waals surface area contributed by atoms with Gasteiger partial charge in [-0.25, -0.2) is 9.97 Å². The van der Waals surface area contributed by atoms with Gasteiger partial charge in [-0.1, -0.05) is 0 Å². The maximum atomic E-state index is 10.4. The van der Waals surface area contributed by atoms with Gasteiger partial charge in [0.25, 0.3) is 0 Å². The van der Waals surface area contributed by atoms with Crippen molar-refractivity contribution in [3.8, 4) is 11.4 Å². The molecule has 0 spiro atoms. The molecule has 0 saturated carbocycles. The van der Waals surface area contributed by atoms with E-state index >= 15 is 0 Å². The highest BCUT2D eigenvalue weighted by molar-refractivity contribution is 5.57. The van der Waals surface area contributed by atoms with E-state index in [9.17, 15) is 5.11 Å². The number of hydrogen-bond acceptors (Lipinski definition) is 6. The molecule has 1 N–H and O–H groups in total. The van der Waals surface area contributed by atoms with Crippen molar-refractivity contribution in [2.75, 3.05) is 24.7 Å². The molecule has 0 bridgehead atoms. The van der Waals surface area contributed by atoms with Crippen LogP contribution < -0.4 is 4.90 Å². The van der Waals surface area contributed by atoms with Gasteiger partial charge in [0.2, 0.25) is 0 Å². The molecule has 3 atom stereocenters. The average molecular weight is 340 g/mol. The van der Waals surface area contributed by atoms with Crippen molar-refractivity contribution >= 4 is 5.82 Å². The first kappa shape index (κ1) is 16.4. The second-order valence-electron chi connectivity index (χ2n) is 6.93. The van der Waals surface area contributed by atoms with Crippen LogP contribution in [-0.2, 0) is 4.74 Å². The van der Waals surface area contributed by atoms with Gasteiger partial charge in [0.15, 0.2) is 5.82 Å². The molecule has 25 heavy (non-hydrogen) atoms. The summed E-state index contributed by atoms with van der Waals surface area (Å²) in [5.74, 6) is 1.79. The van der Waals surface area contributed by atoms with Crippen LogP contribution in [0.4, 0.5) is 5.82 Å².